The predicted molar refractivity (Wildman–Crippen MR) is 103 cm³/mol. The first kappa shape index (κ1) is 17.8. The zero-order valence-corrected chi connectivity index (χ0v) is 15.0. The van der Waals surface area contributed by atoms with Crippen LogP contribution in [-0.2, 0) is 11.3 Å². The van der Waals surface area contributed by atoms with Crippen molar-refractivity contribution in [3.8, 4) is 11.1 Å². The van der Waals surface area contributed by atoms with Crippen LogP contribution < -0.4 is 10.9 Å². The van der Waals surface area contributed by atoms with Crippen LogP contribution in [-0.4, -0.2) is 20.4 Å². The van der Waals surface area contributed by atoms with Crippen molar-refractivity contribution in [3.63, 3.8) is 0 Å². The fraction of sp³-hybridized carbons (Fsp3) is 0.300. The summed E-state index contributed by atoms with van der Waals surface area (Å²) in [7, 11) is 0. The molecule has 2 aromatic heterocycles. The summed E-state index contributed by atoms with van der Waals surface area (Å²) in [6.07, 6.45) is 5.69. The largest absolute Gasteiger partial charge is 0.311 e. The normalized spacial score (nSPS) is 10.8. The number of carbonyl (C=O) groups excluding carboxylic acids is 1. The number of amides is 1. The highest BCUT2D eigenvalue weighted by Gasteiger charge is 2.07. The van der Waals surface area contributed by atoms with Crippen molar-refractivity contribution in [2.24, 2.45) is 0 Å². The summed E-state index contributed by atoms with van der Waals surface area (Å²) in [5.41, 5.74) is 2.44. The molecule has 0 aliphatic rings. The molecule has 1 N–H and O–H groups in total. The second-order valence-electron chi connectivity index (χ2n) is 6.16. The number of unbranched alkanes of at least 4 members (excludes halogenated alkanes) is 1. The number of pyridine rings is 1. The summed E-state index contributed by atoms with van der Waals surface area (Å²) in [5, 5.41) is 3.32. The standard InChI is InChI=1S/C20H22N4O2/c1-3-5-10-24-13-22-17-8-6-14(11-16(17)20(24)26)15-7-9-18(21-12-15)23-19(25)4-2/h6-9,11-13H,3-5,10H2,1-2H3,(H,21,23,25). The third-order valence-corrected chi connectivity index (χ3v) is 4.26. The van der Waals surface area contributed by atoms with Crippen LogP contribution in [0.2, 0.25) is 0 Å². The maximum Gasteiger partial charge on any atom is 0.261 e. The average molecular weight is 350 g/mol. The molecule has 3 aromatic rings. The van der Waals surface area contributed by atoms with Crippen LogP contribution in [0, 0.1) is 0 Å². The minimum absolute atomic E-state index is 0.0231. The van der Waals surface area contributed by atoms with Crippen molar-refractivity contribution < 1.29 is 4.79 Å². The summed E-state index contributed by atoms with van der Waals surface area (Å²) in [6.45, 7) is 4.56. The topological polar surface area (TPSA) is 76.9 Å². The van der Waals surface area contributed by atoms with E-state index in [0.717, 1.165) is 24.0 Å². The third-order valence-electron chi connectivity index (χ3n) is 4.26. The molecule has 0 saturated carbocycles. The SMILES string of the molecule is CCCCn1cnc2ccc(-c3ccc(NC(=O)CC)nc3)cc2c1=O. The highest BCUT2D eigenvalue weighted by Crippen LogP contribution is 2.22. The van der Waals surface area contributed by atoms with Gasteiger partial charge in [-0.25, -0.2) is 9.97 Å². The number of rotatable bonds is 6. The van der Waals surface area contributed by atoms with Gasteiger partial charge in [-0.3, -0.25) is 14.2 Å². The maximum atomic E-state index is 12.7. The molecule has 2 heterocycles. The zero-order valence-electron chi connectivity index (χ0n) is 15.0. The number of aryl methyl sites for hydroxylation is 1. The van der Waals surface area contributed by atoms with Crippen molar-refractivity contribution in [2.45, 2.75) is 39.7 Å². The Morgan fingerprint density at radius 2 is 1.92 bits per heavy atom. The van der Waals surface area contributed by atoms with Gasteiger partial charge in [0.05, 0.1) is 17.2 Å². The Kier molecular flexibility index (Phi) is 5.41. The lowest BCUT2D eigenvalue weighted by atomic mass is 10.1. The van der Waals surface area contributed by atoms with Gasteiger partial charge in [-0.1, -0.05) is 26.3 Å². The van der Waals surface area contributed by atoms with Gasteiger partial charge < -0.3 is 5.32 Å². The number of anilines is 1. The smallest absolute Gasteiger partial charge is 0.261 e. The lowest BCUT2D eigenvalue weighted by molar-refractivity contribution is -0.115. The molecule has 1 amide bonds. The molecular weight excluding hydrogens is 328 g/mol. The van der Waals surface area contributed by atoms with E-state index in [-0.39, 0.29) is 11.5 Å². The highest BCUT2D eigenvalue weighted by atomic mass is 16.1. The van der Waals surface area contributed by atoms with E-state index in [4.69, 9.17) is 0 Å². The van der Waals surface area contributed by atoms with Crippen LogP contribution >= 0.6 is 0 Å². The average Bonchev–Trinajstić information content (AvgIpc) is 2.68. The summed E-state index contributed by atoms with van der Waals surface area (Å²) in [5.74, 6) is 0.444. The Bertz CT molecular complexity index is 977. The van der Waals surface area contributed by atoms with E-state index in [1.165, 1.54) is 0 Å². The van der Waals surface area contributed by atoms with Gasteiger partial charge in [-0.2, -0.15) is 0 Å². The Labute approximate surface area is 151 Å². The molecule has 0 radical (unpaired) electrons. The number of benzene rings is 1. The molecule has 0 atom stereocenters. The van der Waals surface area contributed by atoms with E-state index in [1.807, 2.05) is 24.3 Å². The number of aromatic nitrogens is 3. The van der Waals surface area contributed by atoms with Gasteiger partial charge in [0.25, 0.3) is 5.56 Å². The fourth-order valence-electron chi connectivity index (χ4n) is 2.70. The van der Waals surface area contributed by atoms with E-state index >= 15 is 0 Å². The van der Waals surface area contributed by atoms with Crippen LogP contribution in [0.3, 0.4) is 0 Å². The van der Waals surface area contributed by atoms with E-state index < -0.39 is 0 Å². The molecule has 26 heavy (non-hydrogen) atoms. The van der Waals surface area contributed by atoms with Gasteiger partial charge in [-0.05, 0) is 36.2 Å². The second kappa shape index (κ2) is 7.91. The minimum Gasteiger partial charge on any atom is -0.311 e. The first-order valence-electron chi connectivity index (χ1n) is 8.88. The number of nitrogens with one attached hydrogen (secondary N) is 1. The molecule has 6 heteroatoms. The molecule has 0 bridgehead atoms. The van der Waals surface area contributed by atoms with Crippen LogP contribution in [0.25, 0.3) is 22.0 Å². The van der Waals surface area contributed by atoms with Crippen LogP contribution in [0.5, 0.6) is 0 Å². The summed E-state index contributed by atoms with van der Waals surface area (Å²) < 4.78 is 1.66. The van der Waals surface area contributed by atoms with Crippen molar-refractivity contribution in [1.29, 1.82) is 0 Å². The number of fused-ring (bicyclic) bond motifs is 1. The quantitative estimate of drug-likeness (QED) is 0.737. The van der Waals surface area contributed by atoms with Gasteiger partial charge in [0, 0.05) is 24.7 Å². The monoisotopic (exact) mass is 350 g/mol. The molecule has 6 nitrogen and oxygen atoms in total. The van der Waals surface area contributed by atoms with Gasteiger partial charge >= 0.3 is 0 Å². The Morgan fingerprint density at radius 3 is 2.62 bits per heavy atom. The van der Waals surface area contributed by atoms with Crippen molar-refractivity contribution in [3.05, 3.63) is 53.2 Å². The fourth-order valence-corrected chi connectivity index (χ4v) is 2.70. The Morgan fingerprint density at radius 1 is 1.12 bits per heavy atom. The number of nitrogens with zero attached hydrogens (tertiary/aromatic N) is 3. The van der Waals surface area contributed by atoms with Crippen LogP contribution in [0.4, 0.5) is 5.82 Å². The third kappa shape index (κ3) is 3.79. The maximum absolute atomic E-state index is 12.7. The molecule has 0 saturated heterocycles. The van der Waals surface area contributed by atoms with Gasteiger partial charge in [0.15, 0.2) is 0 Å². The van der Waals surface area contributed by atoms with Gasteiger partial charge in [-0.15, -0.1) is 0 Å². The van der Waals surface area contributed by atoms with Crippen molar-refractivity contribution in [1.82, 2.24) is 14.5 Å². The molecule has 3 rings (SSSR count). The summed E-state index contributed by atoms with van der Waals surface area (Å²) in [4.78, 5) is 32.8. The minimum atomic E-state index is -0.0744. The predicted octanol–water partition coefficient (Wildman–Crippen LogP) is 3.61. The van der Waals surface area contributed by atoms with E-state index in [9.17, 15) is 9.59 Å². The van der Waals surface area contributed by atoms with Crippen LogP contribution in [0.1, 0.15) is 33.1 Å². The highest BCUT2D eigenvalue weighted by molar-refractivity contribution is 5.89. The van der Waals surface area contributed by atoms with Gasteiger partial charge in [0.1, 0.15) is 5.82 Å². The number of hydrogen-bond donors (Lipinski definition) is 1. The van der Waals surface area contributed by atoms with Gasteiger partial charge in [0.2, 0.25) is 5.91 Å². The Hall–Kier alpha value is -3.02. The molecule has 0 fully saturated rings. The molecule has 134 valence electrons. The van der Waals surface area contributed by atoms with Crippen molar-refractivity contribution >= 4 is 22.6 Å². The lowest BCUT2D eigenvalue weighted by Gasteiger charge is -2.08. The summed E-state index contributed by atoms with van der Waals surface area (Å²) in [6, 6.07) is 9.27. The molecular formula is C20H22N4O2. The molecule has 0 aliphatic carbocycles. The van der Waals surface area contributed by atoms with E-state index in [2.05, 4.69) is 22.2 Å². The first-order valence-corrected chi connectivity index (χ1v) is 8.88. The molecule has 0 spiro atoms. The molecule has 0 aliphatic heterocycles. The number of carbonyl (C=O) groups is 1. The summed E-state index contributed by atoms with van der Waals surface area (Å²) >= 11 is 0. The first-order chi connectivity index (χ1) is 12.6. The van der Waals surface area contributed by atoms with E-state index in [0.29, 0.717) is 29.7 Å². The molecule has 0 unspecified atom stereocenters. The van der Waals surface area contributed by atoms with Crippen LogP contribution in [0.15, 0.2) is 47.7 Å². The Balaban J connectivity index is 1.94. The lowest BCUT2D eigenvalue weighted by Crippen LogP contribution is -2.20. The second-order valence-corrected chi connectivity index (χ2v) is 6.16. The molecule has 1 aromatic carbocycles. The zero-order chi connectivity index (χ0) is 18.5. The number of hydrogen-bond acceptors (Lipinski definition) is 4. The van der Waals surface area contributed by atoms with Crippen molar-refractivity contribution in [2.75, 3.05) is 5.32 Å². The van der Waals surface area contributed by atoms with E-state index in [1.54, 1.807) is 30.1 Å².